The van der Waals surface area contributed by atoms with Gasteiger partial charge in [-0.05, 0) is 30.2 Å². The molecule has 0 unspecified atom stereocenters. The third kappa shape index (κ3) is 2.81. The van der Waals surface area contributed by atoms with E-state index in [-0.39, 0.29) is 5.92 Å². The monoisotopic (exact) mass is 265 g/mol. The van der Waals surface area contributed by atoms with Crippen LogP contribution in [0.25, 0.3) is 0 Å². The highest BCUT2D eigenvalue weighted by Crippen LogP contribution is 2.31. The van der Waals surface area contributed by atoms with Crippen LogP contribution in [0.5, 0.6) is 11.5 Å². The molecule has 2 rings (SSSR count). The van der Waals surface area contributed by atoms with Gasteiger partial charge in [0.2, 0.25) is 0 Å². The molecule has 1 fully saturated rings. The molecule has 1 aliphatic rings. The number of nitrogens with zero attached hydrogens (tertiary/aromatic N) is 1. The van der Waals surface area contributed by atoms with Crippen LogP contribution in [0, 0.1) is 12.8 Å². The van der Waals surface area contributed by atoms with Gasteiger partial charge in [0, 0.05) is 19.6 Å². The first-order valence-corrected chi connectivity index (χ1v) is 6.21. The first-order valence-electron chi connectivity index (χ1n) is 6.21. The minimum atomic E-state index is -0.708. The standard InChI is InChI=1S/C14H19NO4/c1-9-4-12(18-2)13(19-3)5-10(9)6-15-7-11(8-15)14(16)17/h4-5,11H,6-8H2,1-3H3,(H,16,17). The zero-order valence-corrected chi connectivity index (χ0v) is 11.5. The van der Waals surface area contributed by atoms with Crippen molar-refractivity contribution in [1.82, 2.24) is 4.90 Å². The lowest BCUT2D eigenvalue weighted by Gasteiger charge is -2.37. The predicted octanol–water partition coefficient (Wildman–Crippen LogP) is 1.53. The second kappa shape index (κ2) is 5.48. The normalized spacial score (nSPS) is 15.9. The zero-order chi connectivity index (χ0) is 14.0. The van der Waals surface area contributed by atoms with Gasteiger partial charge in [0.25, 0.3) is 0 Å². The predicted molar refractivity (Wildman–Crippen MR) is 70.7 cm³/mol. The van der Waals surface area contributed by atoms with Crippen LogP contribution in [-0.2, 0) is 11.3 Å². The summed E-state index contributed by atoms with van der Waals surface area (Å²) in [5, 5.41) is 8.86. The lowest BCUT2D eigenvalue weighted by molar-refractivity contribution is -0.147. The van der Waals surface area contributed by atoms with Gasteiger partial charge < -0.3 is 14.6 Å². The number of carboxylic acid groups (broad SMARTS) is 1. The molecule has 0 atom stereocenters. The molecule has 1 heterocycles. The molecule has 1 saturated heterocycles. The van der Waals surface area contributed by atoms with Crippen molar-refractivity contribution in [2.24, 2.45) is 5.92 Å². The Balaban J connectivity index is 2.07. The molecule has 1 aliphatic heterocycles. The highest BCUT2D eigenvalue weighted by Gasteiger charge is 2.32. The average molecular weight is 265 g/mol. The van der Waals surface area contributed by atoms with E-state index in [1.165, 1.54) is 0 Å². The molecule has 0 amide bonds. The van der Waals surface area contributed by atoms with E-state index >= 15 is 0 Å². The molecule has 0 bridgehead atoms. The van der Waals surface area contributed by atoms with Crippen LogP contribution in [0.2, 0.25) is 0 Å². The van der Waals surface area contributed by atoms with Crippen molar-refractivity contribution < 1.29 is 19.4 Å². The number of benzene rings is 1. The minimum absolute atomic E-state index is 0.222. The smallest absolute Gasteiger partial charge is 0.309 e. The van der Waals surface area contributed by atoms with Crippen LogP contribution in [0.4, 0.5) is 0 Å². The Hall–Kier alpha value is -1.75. The van der Waals surface area contributed by atoms with E-state index in [1.54, 1.807) is 14.2 Å². The van der Waals surface area contributed by atoms with E-state index in [0.29, 0.717) is 18.8 Å². The van der Waals surface area contributed by atoms with Gasteiger partial charge in [-0.2, -0.15) is 0 Å². The molecule has 104 valence electrons. The quantitative estimate of drug-likeness (QED) is 0.875. The Labute approximate surface area is 112 Å². The van der Waals surface area contributed by atoms with Crippen molar-refractivity contribution >= 4 is 5.97 Å². The topological polar surface area (TPSA) is 59.0 Å². The van der Waals surface area contributed by atoms with Gasteiger partial charge in [-0.1, -0.05) is 0 Å². The van der Waals surface area contributed by atoms with Gasteiger partial charge in [0.1, 0.15) is 0 Å². The van der Waals surface area contributed by atoms with Crippen LogP contribution in [0.3, 0.4) is 0 Å². The van der Waals surface area contributed by atoms with E-state index < -0.39 is 5.97 Å². The molecule has 1 N–H and O–H groups in total. The van der Waals surface area contributed by atoms with E-state index in [0.717, 1.165) is 23.4 Å². The van der Waals surface area contributed by atoms with Crippen LogP contribution in [0.1, 0.15) is 11.1 Å². The summed E-state index contributed by atoms with van der Waals surface area (Å²) >= 11 is 0. The van der Waals surface area contributed by atoms with Crippen molar-refractivity contribution in [3.05, 3.63) is 23.3 Å². The Morgan fingerprint density at radius 3 is 2.42 bits per heavy atom. The number of methoxy groups -OCH3 is 2. The summed E-state index contributed by atoms with van der Waals surface area (Å²) in [4.78, 5) is 12.9. The summed E-state index contributed by atoms with van der Waals surface area (Å²) in [5.74, 6) is 0.495. The number of hydrogen-bond acceptors (Lipinski definition) is 4. The molecular weight excluding hydrogens is 246 g/mol. The second-order valence-electron chi connectivity index (χ2n) is 4.86. The van der Waals surface area contributed by atoms with Crippen LogP contribution in [0.15, 0.2) is 12.1 Å². The zero-order valence-electron chi connectivity index (χ0n) is 11.5. The Morgan fingerprint density at radius 1 is 1.32 bits per heavy atom. The number of aliphatic carboxylic acids is 1. The number of aryl methyl sites for hydroxylation is 1. The lowest BCUT2D eigenvalue weighted by Crippen LogP contribution is -2.49. The third-order valence-electron chi connectivity index (χ3n) is 3.54. The molecule has 1 aromatic rings. The number of carbonyl (C=O) groups is 1. The number of carboxylic acids is 1. The second-order valence-corrected chi connectivity index (χ2v) is 4.86. The molecule has 0 saturated carbocycles. The van der Waals surface area contributed by atoms with Crippen LogP contribution >= 0.6 is 0 Å². The van der Waals surface area contributed by atoms with Crippen molar-refractivity contribution in [2.75, 3.05) is 27.3 Å². The Kier molecular flexibility index (Phi) is 3.95. The van der Waals surface area contributed by atoms with Crippen molar-refractivity contribution in [2.45, 2.75) is 13.5 Å². The Morgan fingerprint density at radius 2 is 1.89 bits per heavy atom. The van der Waals surface area contributed by atoms with Crippen molar-refractivity contribution in [3.63, 3.8) is 0 Å². The molecule has 0 aromatic heterocycles. The maximum absolute atomic E-state index is 10.8. The minimum Gasteiger partial charge on any atom is -0.493 e. The summed E-state index contributed by atoms with van der Waals surface area (Å²) in [5.41, 5.74) is 2.26. The van der Waals surface area contributed by atoms with Gasteiger partial charge >= 0.3 is 5.97 Å². The van der Waals surface area contributed by atoms with Gasteiger partial charge in [-0.25, -0.2) is 0 Å². The van der Waals surface area contributed by atoms with E-state index in [4.69, 9.17) is 14.6 Å². The first-order chi connectivity index (χ1) is 9.05. The number of ether oxygens (including phenoxy) is 2. The summed E-state index contributed by atoms with van der Waals surface area (Å²) in [7, 11) is 3.23. The molecule has 19 heavy (non-hydrogen) atoms. The van der Waals surface area contributed by atoms with Gasteiger partial charge in [0.05, 0.1) is 20.1 Å². The van der Waals surface area contributed by atoms with Crippen LogP contribution in [-0.4, -0.2) is 43.3 Å². The SMILES string of the molecule is COc1cc(C)c(CN2CC(C(=O)O)C2)cc1OC. The van der Waals surface area contributed by atoms with Gasteiger partial charge in [-0.15, -0.1) is 0 Å². The summed E-state index contributed by atoms with van der Waals surface area (Å²) in [6, 6.07) is 3.91. The van der Waals surface area contributed by atoms with E-state index in [9.17, 15) is 4.79 Å². The fourth-order valence-electron chi connectivity index (χ4n) is 2.29. The maximum atomic E-state index is 10.8. The maximum Gasteiger partial charge on any atom is 0.309 e. The fourth-order valence-corrected chi connectivity index (χ4v) is 2.29. The molecular formula is C14H19NO4. The lowest BCUT2D eigenvalue weighted by atomic mass is 9.98. The summed E-state index contributed by atoms with van der Waals surface area (Å²) < 4.78 is 10.5. The summed E-state index contributed by atoms with van der Waals surface area (Å²) in [6.45, 7) is 3.99. The fraction of sp³-hybridized carbons (Fsp3) is 0.500. The van der Waals surface area contributed by atoms with Gasteiger partial charge in [0.15, 0.2) is 11.5 Å². The number of hydrogen-bond donors (Lipinski definition) is 1. The van der Waals surface area contributed by atoms with Crippen molar-refractivity contribution in [3.8, 4) is 11.5 Å². The highest BCUT2D eigenvalue weighted by atomic mass is 16.5. The van der Waals surface area contributed by atoms with Gasteiger partial charge in [-0.3, -0.25) is 9.69 Å². The number of rotatable bonds is 5. The van der Waals surface area contributed by atoms with E-state index in [2.05, 4.69) is 4.90 Å². The third-order valence-corrected chi connectivity index (χ3v) is 3.54. The molecule has 0 radical (unpaired) electrons. The number of likely N-dealkylation sites (tertiary alicyclic amines) is 1. The highest BCUT2D eigenvalue weighted by molar-refractivity contribution is 5.71. The Bertz CT molecular complexity index is 481. The first kappa shape index (κ1) is 13.7. The molecule has 0 spiro atoms. The van der Waals surface area contributed by atoms with E-state index in [1.807, 2.05) is 19.1 Å². The largest absolute Gasteiger partial charge is 0.493 e. The molecule has 5 heteroatoms. The summed E-state index contributed by atoms with van der Waals surface area (Å²) in [6.07, 6.45) is 0. The average Bonchev–Trinajstić information content (AvgIpc) is 2.33. The molecule has 0 aliphatic carbocycles. The molecule has 1 aromatic carbocycles. The molecule has 5 nitrogen and oxygen atoms in total. The van der Waals surface area contributed by atoms with Crippen molar-refractivity contribution in [1.29, 1.82) is 0 Å². The van der Waals surface area contributed by atoms with Crippen LogP contribution < -0.4 is 9.47 Å².